The van der Waals surface area contributed by atoms with Gasteiger partial charge in [-0.3, -0.25) is 9.59 Å². The lowest BCUT2D eigenvalue weighted by Crippen LogP contribution is -2.28. The molecule has 6 nitrogen and oxygen atoms in total. The summed E-state index contributed by atoms with van der Waals surface area (Å²) in [4.78, 5) is 37.0. The highest BCUT2D eigenvalue weighted by Gasteiger charge is 2.21. The second-order valence-corrected chi connectivity index (χ2v) is 8.29. The van der Waals surface area contributed by atoms with Gasteiger partial charge in [0.05, 0.1) is 16.0 Å². The van der Waals surface area contributed by atoms with Crippen LogP contribution in [0.1, 0.15) is 30.0 Å². The van der Waals surface area contributed by atoms with Crippen LogP contribution in [-0.2, 0) is 4.79 Å². The number of hydrogen-bond acceptors (Lipinski definition) is 6. The first-order chi connectivity index (χ1) is 16.7. The van der Waals surface area contributed by atoms with Crippen molar-refractivity contribution < 1.29 is 27.9 Å². The van der Waals surface area contributed by atoms with Crippen LogP contribution in [-0.4, -0.2) is 17.9 Å². The molecule has 35 heavy (non-hydrogen) atoms. The maximum Gasteiger partial charge on any atom is 0.352 e. The van der Waals surface area contributed by atoms with E-state index in [0.29, 0.717) is 11.3 Å². The molecule has 1 aromatic heterocycles. The van der Waals surface area contributed by atoms with Crippen LogP contribution in [0.3, 0.4) is 0 Å². The molecule has 4 aromatic rings. The molecule has 0 radical (unpaired) electrons. The molecule has 1 atom stereocenters. The van der Waals surface area contributed by atoms with E-state index in [0.717, 1.165) is 0 Å². The molecule has 0 saturated carbocycles. The third-order valence-electron chi connectivity index (χ3n) is 5.38. The molecule has 1 heterocycles. The Hall–Kier alpha value is -3.97. The van der Waals surface area contributed by atoms with Crippen LogP contribution in [0.5, 0.6) is 11.5 Å². The fraction of sp³-hybridized carbons (Fsp3) is 0.148. The van der Waals surface area contributed by atoms with Gasteiger partial charge >= 0.3 is 5.97 Å². The van der Waals surface area contributed by atoms with Gasteiger partial charge in [0.15, 0.2) is 11.9 Å². The zero-order chi connectivity index (χ0) is 25.3. The molecule has 0 bridgehead atoms. The van der Waals surface area contributed by atoms with Crippen LogP contribution >= 0.6 is 11.6 Å². The van der Waals surface area contributed by atoms with Crippen LogP contribution < -0.4 is 14.9 Å². The topological polar surface area (TPSA) is 82.8 Å². The van der Waals surface area contributed by atoms with Crippen molar-refractivity contribution in [1.29, 1.82) is 0 Å². The van der Waals surface area contributed by atoms with Gasteiger partial charge in [0, 0.05) is 17.2 Å². The van der Waals surface area contributed by atoms with Crippen molar-refractivity contribution in [2.45, 2.75) is 26.9 Å². The molecule has 178 valence electrons. The van der Waals surface area contributed by atoms with E-state index in [2.05, 4.69) is 0 Å². The maximum atomic E-state index is 14.4. The Balaban J connectivity index is 1.57. The Morgan fingerprint density at radius 3 is 2.34 bits per heavy atom. The zero-order valence-corrected chi connectivity index (χ0v) is 19.8. The number of hydrogen-bond donors (Lipinski definition) is 0. The van der Waals surface area contributed by atoms with Crippen molar-refractivity contribution in [3.63, 3.8) is 0 Å². The average Bonchev–Trinajstić information content (AvgIpc) is 2.81. The highest BCUT2D eigenvalue weighted by atomic mass is 35.5. The molecule has 4 rings (SSSR count). The number of benzene rings is 3. The number of halogens is 2. The SMILES string of the molecule is CC(=O)c1ccc(OC(C)C(=O)Oc2ccc3c(=O)c(-c4c(F)cccc4Cl)c(C)oc3c2)cc1. The van der Waals surface area contributed by atoms with Gasteiger partial charge in [-0.15, -0.1) is 0 Å². The Morgan fingerprint density at radius 1 is 1.00 bits per heavy atom. The van der Waals surface area contributed by atoms with Crippen molar-refractivity contribution in [2.24, 2.45) is 0 Å². The van der Waals surface area contributed by atoms with Crippen LogP contribution in [0.2, 0.25) is 5.02 Å². The third kappa shape index (κ3) is 4.95. The van der Waals surface area contributed by atoms with Gasteiger partial charge in [0.2, 0.25) is 5.43 Å². The zero-order valence-electron chi connectivity index (χ0n) is 19.1. The van der Waals surface area contributed by atoms with Gasteiger partial charge in [0.1, 0.15) is 28.7 Å². The number of ketones is 1. The van der Waals surface area contributed by atoms with E-state index < -0.39 is 23.3 Å². The number of rotatable bonds is 6. The summed E-state index contributed by atoms with van der Waals surface area (Å²) in [5.41, 5.74) is 0.242. The van der Waals surface area contributed by atoms with Gasteiger partial charge in [-0.05, 0) is 69.3 Å². The summed E-state index contributed by atoms with van der Waals surface area (Å²) in [6.07, 6.45) is -0.951. The average molecular weight is 495 g/mol. The maximum absolute atomic E-state index is 14.4. The van der Waals surface area contributed by atoms with Gasteiger partial charge in [-0.1, -0.05) is 17.7 Å². The highest BCUT2D eigenvalue weighted by molar-refractivity contribution is 6.33. The number of fused-ring (bicyclic) bond motifs is 1. The molecule has 0 fully saturated rings. The lowest BCUT2D eigenvalue weighted by molar-refractivity contribution is -0.141. The minimum Gasteiger partial charge on any atom is -0.479 e. The van der Waals surface area contributed by atoms with Crippen molar-refractivity contribution in [3.8, 4) is 22.6 Å². The van der Waals surface area contributed by atoms with E-state index in [-0.39, 0.29) is 44.4 Å². The van der Waals surface area contributed by atoms with E-state index in [9.17, 15) is 18.8 Å². The Bertz CT molecular complexity index is 1490. The minimum atomic E-state index is -0.951. The van der Waals surface area contributed by atoms with Crippen LogP contribution in [0.15, 0.2) is 69.9 Å². The molecule has 0 aliphatic carbocycles. The summed E-state index contributed by atoms with van der Waals surface area (Å²) in [5.74, 6) is -0.672. The van der Waals surface area contributed by atoms with Gasteiger partial charge in [0.25, 0.3) is 0 Å². The second kappa shape index (κ2) is 9.72. The summed E-state index contributed by atoms with van der Waals surface area (Å²) >= 11 is 6.15. The second-order valence-electron chi connectivity index (χ2n) is 7.88. The molecule has 0 aliphatic rings. The molecule has 3 aromatic carbocycles. The molecule has 0 amide bonds. The molecule has 8 heteroatoms. The van der Waals surface area contributed by atoms with Gasteiger partial charge in [-0.25, -0.2) is 9.18 Å². The van der Waals surface area contributed by atoms with Crippen molar-refractivity contribution in [2.75, 3.05) is 0 Å². The predicted molar refractivity (Wildman–Crippen MR) is 130 cm³/mol. The summed E-state index contributed by atoms with van der Waals surface area (Å²) in [6, 6.07) is 14.8. The predicted octanol–water partition coefficient (Wildman–Crippen LogP) is 6.14. The smallest absolute Gasteiger partial charge is 0.352 e. The number of Topliss-reactive ketones (excluding diaryl/α,β-unsaturated/α-hetero) is 1. The number of carbonyl (C=O) groups is 2. The van der Waals surface area contributed by atoms with Gasteiger partial charge in [-0.2, -0.15) is 0 Å². The minimum absolute atomic E-state index is 0.0277. The summed E-state index contributed by atoms with van der Waals surface area (Å²) in [7, 11) is 0. The highest BCUT2D eigenvalue weighted by Crippen LogP contribution is 2.33. The largest absolute Gasteiger partial charge is 0.479 e. The van der Waals surface area contributed by atoms with Crippen molar-refractivity contribution >= 4 is 34.3 Å². The van der Waals surface area contributed by atoms with E-state index in [1.54, 1.807) is 24.3 Å². The first kappa shape index (κ1) is 24.2. The number of esters is 1. The standard InChI is InChI=1S/C27H20ClFO6/c1-14(30)17-7-9-18(10-8-17)33-16(3)27(32)35-19-11-12-20-23(13-19)34-15(2)24(26(20)31)25-21(28)5-4-6-22(25)29/h4-13,16H,1-3H3. The lowest BCUT2D eigenvalue weighted by atomic mass is 10.0. The summed E-state index contributed by atoms with van der Waals surface area (Å²) in [6.45, 7) is 4.51. The number of aryl methyl sites for hydroxylation is 1. The van der Waals surface area contributed by atoms with Crippen LogP contribution in [0, 0.1) is 12.7 Å². The van der Waals surface area contributed by atoms with Crippen LogP contribution in [0.25, 0.3) is 22.1 Å². The fourth-order valence-electron chi connectivity index (χ4n) is 3.59. The molecule has 0 spiro atoms. The monoisotopic (exact) mass is 494 g/mol. The molecule has 0 saturated heterocycles. The molecular formula is C27H20ClFO6. The lowest BCUT2D eigenvalue weighted by Gasteiger charge is -2.14. The summed E-state index contributed by atoms with van der Waals surface area (Å²) in [5, 5.41) is 0.273. The Labute approximate surface area is 204 Å². The number of ether oxygens (including phenoxy) is 2. The van der Waals surface area contributed by atoms with Crippen molar-refractivity contribution in [3.05, 3.63) is 93.1 Å². The van der Waals surface area contributed by atoms with E-state index in [4.69, 9.17) is 25.5 Å². The fourth-order valence-corrected chi connectivity index (χ4v) is 3.85. The van der Waals surface area contributed by atoms with E-state index in [1.807, 2.05) is 0 Å². The summed E-state index contributed by atoms with van der Waals surface area (Å²) < 4.78 is 31.2. The quantitative estimate of drug-likeness (QED) is 0.182. The first-order valence-corrected chi connectivity index (χ1v) is 11.0. The third-order valence-corrected chi connectivity index (χ3v) is 5.69. The molecular weight excluding hydrogens is 475 g/mol. The van der Waals surface area contributed by atoms with Crippen LogP contribution in [0.4, 0.5) is 4.39 Å². The first-order valence-electron chi connectivity index (χ1n) is 10.7. The van der Waals surface area contributed by atoms with Crippen molar-refractivity contribution in [1.82, 2.24) is 0 Å². The molecule has 1 unspecified atom stereocenters. The normalized spacial score (nSPS) is 11.8. The molecule has 0 N–H and O–H groups in total. The Morgan fingerprint density at radius 2 is 1.69 bits per heavy atom. The van der Waals surface area contributed by atoms with E-state index in [1.165, 1.54) is 57.2 Å². The number of carbonyl (C=O) groups excluding carboxylic acids is 2. The Kier molecular flexibility index (Phi) is 6.71. The van der Waals surface area contributed by atoms with Gasteiger partial charge < -0.3 is 13.9 Å². The molecule has 0 aliphatic heterocycles. The van der Waals surface area contributed by atoms with E-state index >= 15 is 0 Å².